The molecule has 5 rings (SSSR count). The first-order chi connectivity index (χ1) is 19.8. The minimum Gasteiger partial charge on any atom is -0.493 e. The normalized spacial score (nSPS) is 14.7. The number of benzene rings is 3. The van der Waals surface area contributed by atoms with Gasteiger partial charge in [-0.25, -0.2) is 14.2 Å². The number of hydrogen-bond acceptors (Lipinski definition) is 8. The predicted octanol–water partition coefficient (Wildman–Crippen LogP) is 4.01. The maximum atomic E-state index is 13.9. The predicted molar refractivity (Wildman–Crippen MR) is 152 cm³/mol. The Kier molecular flexibility index (Phi) is 7.93. The van der Waals surface area contributed by atoms with Gasteiger partial charge >= 0.3 is 11.9 Å². The molecule has 10 heteroatoms. The Labute approximate surface area is 238 Å². The van der Waals surface area contributed by atoms with Gasteiger partial charge in [0.05, 0.1) is 35.6 Å². The molecule has 0 fully saturated rings. The second-order valence-electron chi connectivity index (χ2n) is 8.99. The van der Waals surface area contributed by atoms with Gasteiger partial charge in [-0.15, -0.1) is 0 Å². The summed E-state index contributed by atoms with van der Waals surface area (Å²) in [5, 5.41) is 0. The molecule has 2 heterocycles. The van der Waals surface area contributed by atoms with Gasteiger partial charge in [0.2, 0.25) is 0 Å². The fourth-order valence-electron chi connectivity index (χ4n) is 4.57. The molecular formula is C31H25FN2O6S. The first-order valence-electron chi connectivity index (χ1n) is 12.7. The first kappa shape index (κ1) is 27.7. The topological polar surface area (TPSA) is 96.2 Å². The smallest absolute Gasteiger partial charge is 0.338 e. The molecule has 1 atom stereocenters. The number of rotatable bonds is 7. The fourth-order valence-corrected chi connectivity index (χ4v) is 5.57. The average Bonchev–Trinajstić information content (AvgIpc) is 3.28. The second kappa shape index (κ2) is 11.7. The molecule has 4 aromatic rings. The average molecular weight is 573 g/mol. The van der Waals surface area contributed by atoms with E-state index in [0.717, 1.165) is 11.3 Å². The van der Waals surface area contributed by atoms with Crippen molar-refractivity contribution in [2.45, 2.75) is 19.9 Å². The van der Waals surface area contributed by atoms with Crippen molar-refractivity contribution in [2.75, 3.05) is 13.7 Å². The summed E-state index contributed by atoms with van der Waals surface area (Å²) in [5.74, 6) is -0.984. The molecule has 0 unspecified atom stereocenters. The number of carbonyl (C=O) groups excluding carboxylic acids is 2. The third-order valence-electron chi connectivity index (χ3n) is 6.30. The Balaban J connectivity index is 1.76. The van der Waals surface area contributed by atoms with E-state index in [2.05, 4.69) is 0 Å². The highest BCUT2D eigenvalue weighted by molar-refractivity contribution is 7.07. The Hall–Kier alpha value is -4.83. The zero-order valence-electron chi connectivity index (χ0n) is 22.4. The monoisotopic (exact) mass is 572 g/mol. The summed E-state index contributed by atoms with van der Waals surface area (Å²) < 4.78 is 31.7. The number of hydrogen-bond donors (Lipinski definition) is 0. The van der Waals surface area contributed by atoms with Crippen LogP contribution >= 0.6 is 11.3 Å². The van der Waals surface area contributed by atoms with Crippen molar-refractivity contribution in [3.63, 3.8) is 0 Å². The van der Waals surface area contributed by atoms with Gasteiger partial charge in [0.1, 0.15) is 5.82 Å². The molecule has 1 aliphatic heterocycles. The van der Waals surface area contributed by atoms with Crippen LogP contribution in [0.1, 0.15) is 36.6 Å². The molecule has 0 bridgehead atoms. The molecule has 208 valence electrons. The first-order valence-corrected chi connectivity index (χ1v) is 13.5. The van der Waals surface area contributed by atoms with E-state index in [-0.39, 0.29) is 23.5 Å². The Bertz CT molecular complexity index is 1840. The number of carbonyl (C=O) groups is 2. The van der Waals surface area contributed by atoms with Gasteiger partial charge in [-0.05, 0) is 48.4 Å². The van der Waals surface area contributed by atoms with Gasteiger partial charge in [-0.2, -0.15) is 0 Å². The van der Waals surface area contributed by atoms with Crippen molar-refractivity contribution < 1.29 is 28.2 Å². The third-order valence-corrected chi connectivity index (χ3v) is 7.28. The van der Waals surface area contributed by atoms with E-state index in [1.807, 2.05) is 30.3 Å². The lowest BCUT2D eigenvalue weighted by atomic mass is 9.93. The molecule has 8 nitrogen and oxygen atoms in total. The molecule has 0 radical (unpaired) electrons. The Morgan fingerprint density at radius 3 is 2.44 bits per heavy atom. The molecule has 0 saturated carbocycles. The minimum absolute atomic E-state index is 0.121. The maximum absolute atomic E-state index is 13.9. The number of esters is 2. The fraction of sp³-hybridized carbons (Fsp3) is 0.161. The van der Waals surface area contributed by atoms with Crippen molar-refractivity contribution in [3.05, 3.63) is 121 Å². The molecule has 0 saturated heterocycles. The van der Waals surface area contributed by atoms with E-state index in [1.165, 1.54) is 30.7 Å². The van der Waals surface area contributed by atoms with E-state index < -0.39 is 23.8 Å². The summed E-state index contributed by atoms with van der Waals surface area (Å²) in [6, 6.07) is 18.8. The summed E-state index contributed by atoms with van der Waals surface area (Å²) in [6.45, 7) is 3.11. The number of methoxy groups -OCH3 is 1. The van der Waals surface area contributed by atoms with E-state index in [4.69, 9.17) is 19.2 Å². The van der Waals surface area contributed by atoms with Gasteiger partial charge in [0.15, 0.2) is 16.3 Å². The van der Waals surface area contributed by atoms with E-state index >= 15 is 0 Å². The van der Waals surface area contributed by atoms with Crippen molar-refractivity contribution in [1.82, 2.24) is 4.57 Å². The number of halogens is 1. The second-order valence-corrected chi connectivity index (χ2v) is 10.00. The number of nitrogens with zero attached hydrogens (tertiary/aromatic N) is 2. The van der Waals surface area contributed by atoms with Crippen LogP contribution in [-0.4, -0.2) is 30.2 Å². The van der Waals surface area contributed by atoms with Gasteiger partial charge in [-0.3, -0.25) is 14.2 Å². The van der Waals surface area contributed by atoms with Gasteiger partial charge in [-0.1, -0.05) is 59.9 Å². The molecule has 0 spiro atoms. The van der Waals surface area contributed by atoms with Gasteiger partial charge in [0.25, 0.3) is 5.56 Å². The van der Waals surface area contributed by atoms with Crippen molar-refractivity contribution in [2.24, 2.45) is 4.99 Å². The number of aromatic nitrogens is 1. The lowest BCUT2D eigenvalue weighted by Crippen LogP contribution is -2.40. The van der Waals surface area contributed by atoms with E-state index in [9.17, 15) is 18.8 Å². The van der Waals surface area contributed by atoms with Crippen LogP contribution in [0.5, 0.6) is 11.5 Å². The Morgan fingerprint density at radius 1 is 1.05 bits per heavy atom. The lowest BCUT2D eigenvalue weighted by molar-refractivity contribution is -0.139. The quantitative estimate of drug-likeness (QED) is 0.245. The molecule has 3 aromatic carbocycles. The zero-order valence-corrected chi connectivity index (χ0v) is 23.2. The number of fused-ring (bicyclic) bond motifs is 1. The summed E-state index contributed by atoms with van der Waals surface area (Å²) in [7, 11) is 1.45. The van der Waals surface area contributed by atoms with Crippen LogP contribution in [0.3, 0.4) is 0 Å². The third kappa shape index (κ3) is 5.59. The summed E-state index contributed by atoms with van der Waals surface area (Å²) in [6.07, 6.45) is 1.67. The maximum Gasteiger partial charge on any atom is 0.338 e. The highest BCUT2D eigenvalue weighted by atomic mass is 32.1. The summed E-state index contributed by atoms with van der Waals surface area (Å²) >= 11 is 1.15. The minimum atomic E-state index is -0.913. The molecular weight excluding hydrogens is 547 g/mol. The molecule has 1 aromatic heterocycles. The Morgan fingerprint density at radius 2 is 1.78 bits per heavy atom. The SMILES string of the molecule is CCOC(=O)C1=C(c2ccccc2)N=c2s/c(=C\c3ccc(OC(C)=O)c(OC)c3)c(=O)n2[C@H]1c1ccc(F)cc1. The van der Waals surface area contributed by atoms with Crippen LogP contribution in [0.2, 0.25) is 0 Å². The van der Waals surface area contributed by atoms with Crippen molar-refractivity contribution in [1.29, 1.82) is 0 Å². The van der Waals surface area contributed by atoms with Crippen LogP contribution in [-0.2, 0) is 14.3 Å². The van der Waals surface area contributed by atoms with Crippen molar-refractivity contribution in [3.8, 4) is 11.5 Å². The van der Waals surface area contributed by atoms with Gasteiger partial charge < -0.3 is 14.2 Å². The van der Waals surface area contributed by atoms with Crippen LogP contribution < -0.4 is 24.4 Å². The molecule has 0 N–H and O–H groups in total. The summed E-state index contributed by atoms with van der Waals surface area (Å²) in [5.41, 5.74) is 1.98. The molecule has 0 amide bonds. The molecule has 1 aliphatic rings. The van der Waals surface area contributed by atoms with E-state index in [1.54, 1.807) is 43.3 Å². The summed E-state index contributed by atoms with van der Waals surface area (Å²) in [4.78, 5) is 44.0. The van der Waals surface area contributed by atoms with Crippen LogP contribution in [0, 0.1) is 5.82 Å². The highest BCUT2D eigenvalue weighted by Gasteiger charge is 2.35. The number of thiazole rings is 1. The highest BCUT2D eigenvalue weighted by Crippen LogP contribution is 2.35. The molecule has 0 aliphatic carbocycles. The standard InChI is InChI=1S/C31H25FN2O6S/c1-4-39-30(37)26-27(20-8-6-5-7-9-20)33-31-34(28(26)21-11-13-22(32)14-12-21)29(36)25(41-31)17-19-10-15-23(40-18(2)35)24(16-19)38-3/h5-17,28H,4H2,1-3H3/b25-17-/t28-/m0/s1. The zero-order chi connectivity index (χ0) is 29.1. The van der Waals surface area contributed by atoms with Crippen LogP contribution in [0.25, 0.3) is 11.8 Å². The van der Waals surface area contributed by atoms with Crippen LogP contribution in [0.4, 0.5) is 4.39 Å². The lowest BCUT2D eigenvalue weighted by Gasteiger charge is -2.25. The number of ether oxygens (including phenoxy) is 3. The largest absolute Gasteiger partial charge is 0.493 e. The molecule has 41 heavy (non-hydrogen) atoms. The van der Waals surface area contributed by atoms with Gasteiger partial charge in [0, 0.05) is 12.5 Å². The van der Waals surface area contributed by atoms with Crippen molar-refractivity contribution >= 4 is 35.0 Å². The van der Waals surface area contributed by atoms with Crippen LogP contribution in [0.15, 0.2) is 88.2 Å². The van der Waals surface area contributed by atoms with E-state index in [0.29, 0.717) is 37.5 Å².